The van der Waals surface area contributed by atoms with Gasteiger partial charge in [-0.15, -0.1) is 11.3 Å². The van der Waals surface area contributed by atoms with Gasteiger partial charge in [0, 0.05) is 52.9 Å². The molecule has 5 rings (SSSR count). The first kappa shape index (κ1) is 20.4. The molecule has 2 aromatic carbocycles. The van der Waals surface area contributed by atoms with Crippen LogP contribution in [0.1, 0.15) is 5.56 Å². The molecule has 1 aliphatic rings. The van der Waals surface area contributed by atoms with Crippen LogP contribution in [0, 0.1) is 6.92 Å². The minimum atomic E-state index is -0.105. The summed E-state index contributed by atoms with van der Waals surface area (Å²) in [5.74, 6) is 0.613. The highest BCUT2D eigenvalue weighted by Gasteiger charge is 2.22. The van der Waals surface area contributed by atoms with Gasteiger partial charge in [-0.25, -0.2) is 4.98 Å². The zero-order valence-corrected chi connectivity index (χ0v) is 19.2. The summed E-state index contributed by atoms with van der Waals surface area (Å²) in [6.07, 6.45) is 0. The van der Waals surface area contributed by atoms with Gasteiger partial charge in [0.05, 0.1) is 5.52 Å². The standard InChI is InChI=1S/C23H20Cl2N4OS/c1-14-5-6-17(25)12-19(14)28-7-9-29(10-8-28)23-26-20-18(13-31-21(20)22(30)27-23)15-3-2-4-16(24)11-15/h2-6,11-13H,7-10H2,1H3,(H,26,27,30). The largest absolute Gasteiger partial charge is 0.368 e. The topological polar surface area (TPSA) is 52.2 Å². The average molecular weight is 471 g/mol. The van der Waals surface area contributed by atoms with E-state index in [0.29, 0.717) is 15.7 Å². The molecule has 158 valence electrons. The monoisotopic (exact) mass is 470 g/mol. The molecule has 1 fully saturated rings. The Morgan fingerprint density at radius 2 is 1.74 bits per heavy atom. The summed E-state index contributed by atoms with van der Waals surface area (Å²) in [4.78, 5) is 25.1. The Kier molecular flexibility index (Phi) is 5.38. The summed E-state index contributed by atoms with van der Waals surface area (Å²) in [7, 11) is 0. The lowest BCUT2D eigenvalue weighted by molar-refractivity contribution is 0.639. The molecule has 0 aliphatic carbocycles. The van der Waals surface area contributed by atoms with Crippen molar-refractivity contribution < 1.29 is 0 Å². The van der Waals surface area contributed by atoms with Crippen LogP contribution in [0.4, 0.5) is 11.6 Å². The Bertz CT molecular complexity index is 1320. The summed E-state index contributed by atoms with van der Waals surface area (Å²) in [6.45, 7) is 5.27. The molecule has 1 saturated heterocycles. The SMILES string of the molecule is Cc1ccc(Cl)cc1N1CCN(c2nc3c(-c4cccc(Cl)c4)csc3c(=O)[nH]2)CC1. The van der Waals surface area contributed by atoms with Crippen LogP contribution in [-0.2, 0) is 0 Å². The molecule has 0 saturated carbocycles. The number of hydrogen-bond donors (Lipinski definition) is 1. The molecule has 0 radical (unpaired) electrons. The van der Waals surface area contributed by atoms with Crippen LogP contribution in [0.3, 0.4) is 0 Å². The Morgan fingerprint density at radius 1 is 1.00 bits per heavy atom. The van der Waals surface area contributed by atoms with Gasteiger partial charge in [0.1, 0.15) is 4.70 Å². The minimum absolute atomic E-state index is 0.105. The van der Waals surface area contributed by atoms with Crippen molar-refractivity contribution >= 4 is 56.4 Å². The van der Waals surface area contributed by atoms with Crippen LogP contribution < -0.4 is 15.4 Å². The fourth-order valence-corrected chi connectivity index (χ4v) is 5.27. The maximum atomic E-state index is 12.8. The molecule has 1 aliphatic heterocycles. The van der Waals surface area contributed by atoms with Crippen molar-refractivity contribution in [3.63, 3.8) is 0 Å². The fourth-order valence-electron chi connectivity index (χ4n) is 4.01. The molecule has 2 aromatic heterocycles. The summed E-state index contributed by atoms with van der Waals surface area (Å²) in [6, 6.07) is 13.6. The Labute approximate surface area is 193 Å². The summed E-state index contributed by atoms with van der Waals surface area (Å²) in [5, 5.41) is 3.38. The van der Waals surface area contributed by atoms with Gasteiger partial charge in [-0.1, -0.05) is 41.4 Å². The molecule has 0 bridgehead atoms. The second-order valence-corrected chi connectivity index (χ2v) is 9.38. The predicted molar refractivity (Wildman–Crippen MR) is 131 cm³/mol. The number of aromatic amines is 1. The van der Waals surface area contributed by atoms with Crippen molar-refractivity contribution in [2.45, 2.75) is 6.92 Å². The normalized spacial score (nSPS) is 14.4. The number of hydrogen-bond acceptors (Lipinski definition) is 5. The molecule has 0 amide bonds. The molecule has 0 atom stereocenters. The number of aromatic nitrogens is 2. The number of nitrogens with zero attached hydrogens (tertiary/aromatic N) is 3. The van der Waals surface area contributed by atoms with E-state index in [1.807, 2.05) is 47.8 Å². The second kappa shape index (κ2) is 8.19. The number of fused-ring (bicyclic) bond motifs is 1. The van der Waals surface area contributed by atoms with E-state index in [-0.39, 0.29) is 5.56 Å². The summed E-state index contributed by atoms with van der Waals surface area (Å²) in [5.41, 5.74) is 4.87. The summed E-state index contributed by atoms with van der Waals surface area (Å²) >= 11 is 13.8. The average Bonchev–Trinajstić information content (AvgIpc) is 3.20. The number of benzene rings is 2. The number of piperazine rings is 1. The van der Waals surface area contributed by atoms with Gasteiger partial charge in [0.25, 0.3) is 5.56 Å². The van der Waals surface area contributed by atoms with E-state index < -0.39 is 0 Å². The summed E-state index contributed by atoms with van der Waals surface area (Å²) < 4.78 is 0.631. The van der Waals surface area contributed by atoms with Crippen molar-refractivity contribution in [3.05, 3.63) is 73.8 Å². The number of H-pyrrole nitrogens is 1. The molecular formula is C23H20Cl2N4OS. The lowest BCUT2D eigenvalue weighted by atomic mass is 10.1. The Balaban J connectivity index is 1.44. The lowest BCUT2D eigenvalue weighted by Gasteiger charge is -2.37. The van der Waals surface area contributed by atoms with Gasteiger partial charge in [0.2, 0.25) is 5.95 Å². The van der Waals surface area contributed by atoms with Gasteiger partial charge in [-0.05, 0) is 42.3 Å². The highest BCUT2D eigenvalue weighted by molar-refractivity contribution is 7.17. The van der Waals surface area contributed by atoms with E-state index in [2.05, 4.69) is 21.7 Å². The van der Waals surface area contributed by atoms with Crippen LogP contribution >= 0.6 is 34.5 Å². The molecule has 31 heavy (non-hydrogen) atoms. The van der Waals surface area contributed by atoms with Crippen molar-refractivity contribution in [3.8, 4) is 11.1 Å². The van der Waals surface area contributed by atoms with E-state index in [1.165, 1.54) is 16.9 Å². The number of nitrogens with one attached hydrogen (secondary N) is 1. The minimum Gasteiger partial charge on any atom is -0.368 e. The van der Waals surface area contributed by atoms with Crippen LogP contribution in [0.25, 0.3) is 21.3 Å². The predicted octanol–water partition coefficient (Wildman–Crippen LogP) is 5.59. The number of thiophene rings is 1. The fraction of sp³-hybridized carbons (Fsp3) is 0.217. The number of rotatable bonds is 3. The van der Waals surface area contributed by atoms with E-state index in [0.717, 1.165) is 53.5 Å². The van der Waals surface area contributed by atoms with Crippen LogP contribution in [0.15, 0.2) is 52.6 Å². The number of halogens is 2. The van der Waals surface area contributed by atoms with Crippen LogP contribution in [0.2, 0.25) is 10.0 Å². The van der Waals surface area contributed by atoms with Gasteiger partial charge in [-0.3, -0.25) is 9.78 Å². The van der Waals surface area contributed by atoms with Crippen LogP contribution in [-0.4, -0.2) is 36.1 Å². The molecule has 5 nitrogen and oxygen atoms in total. The van der Waals surface area contributed by atoms with Gasteiger partial charge < -0.3 is 9.80 Å². The van der Waals surface area contributed by atoms with Crippen molar-refractivity contribution in [1.29, 1.82) is 0 Å². The van der Waals surface area contributed by atoms with E-state index in [4.69, 9.17) is 28.2 Å². The first-order valence-electron chi connectivity index (χ1n) is 10.0. The maximum absolute atomic E-state index is 12.8. The first-order chi connectivity index (χ1) is 15.0. The van der Waals surface area contributed by atoms with Gasteiger partial charge in [-0.2, -0.15) is 0 Å². The molecule has 0 spiro atoms. The quantitative estimate of drug-likeness (QED) is 0.423. The number of anilines is 2. The Hall–Kier alpha value is -2.54. The maximum Gasteiger partial charge on any atom is 0.270 e. The third-order valence-corrected chi connectivity index (χ3v) is 7.08. The number of aryl methyl sites for hydroxylation is 1. The molecule has 8 heteroatoms. The van der Waals surface area contributed by atoms with E-state index in [9.17, 15) is 4.79 Å². The van der Waals surface area contributed by atoms with E-state index in [1.54, 1.807) is 0 Å². The highest BCUT2D eigenvalue weighted by atomic mass is 35.5. The van der Waals surface area contributed by atoms with E-state index >= 15 is 0 Å². The van der Waals surface area contributed by atoms with Gasteiger partial charge in [0.15, 0.2) is 0 Å². The molecule has 0 unspecified atom stereocenters. The first-order valence-corrected chi connectivity index (χ1v) is 11.7. The molecule has 3 heterocycles. The van der Waals surface area contributed by atoms with Crippen LogP contribution in [0.5, 0.6) is 0 Å². The second-order valence-electron chi connectivity index (χ2n) is 7.63. The zero-order chi connectivity index (χ0) is 21.5. The third-order valence-electron chi connectivity index (χ3n) is 5.64. The molecule has 4 aromatic rings. The smallest absolute Gasteiger partial charge is 0.270 e. The van der Waals surface area contributed by atoms with Gasteiger partial charge >= 0.3 is 0 Å². The Morgan fingerprint density at radius 3 is 2.52 bits per heavy atom. The van der Waals surface area contributed by atoms with Crippen molar-refractivity contribution in [2.24, 2.45) is 0 Å². The third kappa shape index (κ3) is 3.91. The highest BCUT2D eigenvalue weighted by Crippen LogP contribution is 2.33. The zero-order valence-electron chi connectivity index (χ0n) is 16.9. The molecular weight excluding hydrogens is 451 g/mol. The van der Waals surface area contributed by atoms with Crippen molar-refractivity contribution in [1.82, 2.24) is 9.97 Å². The van der Waals surface area contributed by atoms with Crippen molar-refractivity contribution in [2.75, 3.05) is 36.0 Å². The molecule has 1 N–H and O–H groups in total. The lowest BCUT2D eigenvalue weighted by Crippen LogP contribution is -2.47.